The number of carboxylic acid groups (broad SMARTS) is 2. The summed E-state index contributed by atoms with van der Waals surface area (Å²) in [5.74, 6) is 0.317. The third-order valence-corrected chi connectivity index (χ3v) is 5.07. The van der Waals surface area contributed by atoms with E-state index in [9.17, 15) is 54.3 Å². The van der Waals surface area contributed by atoms with Crippen molar-refractivity contribution in [2.75, 3.05) is 0 Å². The predicted octanol–water partition coefficient (Wildman–Crippen LogP) is 4.32. The second-order valence-electron chi connectivity index (χ2n) is 8.58. The number of carboxylic acids is 2. The van der Waals surface area contributed by atoms with Gasteiger partial charge in [-0.25, -0.2) is 28.7 Å². The van der Waals surface area contributed by atoms with E-state index >= 15 is 0 Å². The first-order chi connectivity index (χ1) is 22.5. The maximum absolute atomic E-state index is 9.75. The summed E-state index contributed by atoms with van der Waals surface area (Å²) in [6.07, 6.45) is 13.3. The van der Waals surface area contributed by atoms with Gasteiger partial charge in [-0.15, -0.1) is 0 Å². The molecule has 0 amide bonds. The monoisotopic (exact) mass is 742 g/mol. The molecule has 0 atom stereocenters. The van der Waals surface area contributed by atoms with E-state index in [-0.39, 0.29) is 28.2 Å². The largest absolute Gasteiger partial charge is 0.673 e. The van der Waals surface area contributed by atoms with Crippen molar-refractivity contribution in [3.63, 3.8) is 0 Å². The van der Waals surface area contributed by atoms with Crippen molar-refractivity contribution in [3.05, 3.63) is 109 Å². The first-order valence-electron chi connectivity index (χ1n) is 12.8. The number of hydrogen-bond acceptors (Lipinski definition) is 6. The van der Waals surface area contributed by atoms with Crippen LogP contribution in [0.15, 0.2) is 98.1 Å². The molecule has 49 heavy (non-hydrogen) atoms. The molecule has 0 aliphatic heterocycles. The van der Waals surface area contributed by atoms with Gasteiger partial charge in [-0.2, -0.15) is 20.4 Å². The van der Waals surface area contributed by atoms with Crippen molar-refractivity contribution in [3.8, 4) is 23.3 Å². The third kappa shape index (κ3) is 13.8. The molecule has 14 nitrogen and oxygen atoms in total. The molecule has 6 heterocycles. The first-order valence-corrected chi connectivity index (χ1v) is 12.8. The Morgan fingerprint density at radius 2 is 0.694 bits per heavy atom. The van der Waals surface area contributed by atoms with E-state index < -0.39 is 26.4 Å². The van der Waals surface area contributed by atoms with E-state index in [0.29, 0.717) is 23.3 Å². The van der Waals surface area contributed by atoms with Gasteiger partial charge in [-0.05, 0) is 24.3 Å². The van der Waals surface area contributed by atoms with Gasteiger partial charge < -0.3 is 54.3 Å². The van der Waals surface area contributed by atoms with Crippen LogP contribution in [0.5, 0.6) is 0 Å². The van der Waals surface area contributed by atoms with Crippen molar-refractivity contribution >= 4 is 26.4 Å². The summed E-state index contributed by atoms with van der Waals surface area (Å²) in [5, 5.41) is 34.8. The number of rotatable bonds is 6. The van der Waals surface area contributed by atoms with Crippen LogP contribution in [0.3, 0.4) is 0 Å². The Morgan fingerprint density at radius 3 is 0.837 bits per heavy atom. The molecule has 0 fully saturated rings. The fraction of sp³-hybridized carbons (Fsp3) is 0. The molecular formula is C24H20B2F8FeN10O4. The normalized spacial score (nSPS) is 10.6. The second kappa shape index (κ2) is 17.4. The van der Waals surface area contributed by atoms with Crippen molar-refractivity contribution < 1.29 is 71.4 Å². The topological polar surface area (TPSA) is 180 Å². The van der Waals surface area contributed by atoms with Gasteiger partial charge in [0.15, 0.2) is 23.3 Å². The Labute approximate surface area is 279 Å². The minimum atomic E-state index is -6.00. The summed E-state index contributed by atoms with van der Waals surface area (Å²) in [5.41, 5.74) is 0.483. The molecule has 4 N–H and O–H groups in total. The molecule has 0 aliphatic rings. The van der Waals surface area contributed by atoms with E-state index in [0.717, 1.165) is 0 Å². The van der Waals surface area contributed by atoms with Gasteiger partial charge in [0.1, 0.15) is 11.1 Å². The first kappa shape index (κ1) is 39.3. The SMILES string of the molecule is F[B-](F)(F)F.F[B-](F)(F)F.OC(=[OH+])c1cc(-n2cccn2)nc(-n2cccn2)c1.OC(=[OH+])c1cc(-n2cccn2)nc(-n2cccn2)c1.[Fe]. The molecule has 6 aromatic heterocycles. The Balaban J connectivity index is 0.000000264. The predicted molar refractivity (Wildman–Crippen MR) is 155 cm³/mol. The van der Waals surface area contributed by atoms with Crippen LogP contribution in [0.4, 0.5) is 34.5 Å². The van der Waals surface area contributed by atoms with E-state index in [1.54, 1.807) is 73.8 Å². The number of aromatic nitrogens is 10. The summed E-state index contributed by atoms with van der Waals surface area (Å²) in [7, 11) is -12.0. The number of nitrogens with zero attached hydrogens (tertiary/aromatic N) is 10. The van der Waals surface area contributed by atoms with E-state index in [1.807, 2.05) is 0 Å². The van der Waals surface area contributed by atoms with Gasteiger partial charge in [0, 0.05) is 90.9 Å². The Morgan fingerprint density at radius 1 is 0.490 bits per heavy atom. The van der Waals surface area contributed by atoms with Crippen molar-refractivity contribution in [2.24, 2.45) is 0 Å². The van der Waals surface area contributed by atoms with Gasteiger partial charge in [0.2, 0.25) is 0 Å². The van der Waals surface area contributed by atoms with Crippen LogP contribution < -0.4 is 0 Å². The Hall–Kier alpha value is -5.83. The van der Waals surface area contributed by atoms with Crippen LogP contribution in [0, 0.1) is 0 Å². The average molecular weight is 742 g/mol. The smallest absolute Gasteiger partial charge is 0.418 e. The molecule has 0 saturated heterocycles. The maximum Gasteiger partial charge on any atom is 0.673 e. The molecule has 0 unspecified atom stereocenters. The van der Waals surface area contributed by atoms with Crippen LogP contribution in [0.1, 0.15) is 11.1 Å². The number of aliphatic hydroxyl groups excluding tert-OH is 2. The number of aromatic carboxylic acids is 2. The van der Waals surface area contributed by atoms with Crippen LogP contribution in [-0.4, -0.2) is 95.3 Å². The van der Waals surface area contributed by atoms with Crippen LogP contribution in [0.25, 0.3) is 23.3 Å². The van der Waals surface area contributed by atoms with Crippen LogP contribution in [0.2, 0.25) is 0 Å². The van der Waals surface area contributed by atoms with Gasteiger partial charge >= 0.3 is 26.4 Å². The summed E-state index contributed by atoms with van der Waals surface area (Å²) in [6.45, 7) is 0. The minimum absolute atomic E-state index is 0. The number of halogens is 8. The maximum atomic E-state index is 9.75. The average Bonchev–Trinajstić information content (AvgIpc) is 3.83. The fourth-order valence-electron chi connectivity index (χ4n) is 3.35. The molecule has 0 aromatic carbocycles. The number of pyridine rings is 2. The molecule has 0 spiro atoms. The molecule has 0 radical (unpaired) electrons. The van der Waals surface area contributed by atoms with Gasteiger partial charge in [0.25, 0.3) is 0 Å². The summed E-state index contributed by atoms with van der Waals surface area (Å²) >= 11 is 0. The molecule has 0 aliphatic carbocycles. The van der Waals surface area contributed by atoms with Crippen molar-refractivity contribution in [1.82, 2.24) is 49.1 Å². The Bertz CT molecular complexity index is 1640. The van der Waals surface area contributed by atoms with Crippen LogP contribution >= 0.6 is 0 Å². The molecular weight excluding hydrogens is 722 g/mol. The Kier molecular flexibility index (Phi) is 13.9. The zero-order valence-corrected chi connectivity index (χ0v) is 25.1. The molecule has 0 saturated carbocycles. The molecule has 6 rings (SSSR count). The molecule has 0 bridgehead atoms. The fourth-order valence-corrected chi connectivity index (χ4v) is 3.35. The zero-order valence-electron chi connectivity index (χ0n) is 24.0. The van der Waals surface area contributed by atoms with Gasteiger partial charge in [-0.3, -0.25) is 0 Å². The summed E-state index contributed by atoms with van der Waals surface area (Å²) < 4.78 is 84.1. The van der Waals surface area contributed by atoms with E-state index in [4.69, 9.17) is 0 Å². The molecule has 6 aromatic rings. The quantitative estimate of drug-likeness (QED) is 0.144. The standard InChI is InChI=1S/2C12H9N5O2.2BF4.Fe/c2*18-12(19)9-7-10(16-5-1-3-13-16)15-11(8-9)17-6-2-4-14-17;2*2-1(3,4)5;/h2*1-8H,(H,18,19);;;/q;;2*-1;/p+2. The second-order valence-corrected chi connectivity index (χ2v) is 8.58. The summed E-state index contributed by atoms with van der Waals surface area (Å²) in [4.78, 5) is 27.2. The van der Waals surface area contributed by atoms with E-state index in [2.05, 4.69) is 30.4 Å². The van der Waals surface area contributed by atoms with Crippen molar-refractivity contribution in [1.29, 1.82) is 0 Å². The van der Waals surface area contributed by atoms with Gasteiger partial charge in [0.05, 0.1) is 0 Å². The van der Waals surface area contributed by atoms with Crippen LogP contribution in [-0.2, 0) is 17.1 Å². The zero-order chi connectivity index (χ0) is 35.5. The van der Waals surface area contributed by atoms with Crippen molar-refractivity contribution in [2.45, 2.75) is 0 Å². The van der Waals surface area contributed by atoms with Gasteiger partial charge in [-0.1, -0.05) is 0 Å². The third-order valence-electron chi connectivity index (χ3n) is 5.07. The molecule has 25 heteroatoms. The minimum Gasteiger partial charge on any atom is -0.418 e. The number of hydrogen-bond donors (Lipinski definition) is 2. The molecule has 260 valence electrons. The van der Waals surface area contributed by atoms with E-state index in [1.165, 1.54) is 43.0 Å². The summed E-state index contributed by atoms with van der Waals surface area (Å²) in [6, 6.07) is 13.1.